The number of Topliss-reactive ketones (excluding diaryl/α,β-unsaturated/α-hetero) is 1. The average Bonchev–Trinajstić information content (AvgIpc) is 3.69. The van der Waals surface area contributed by atoms with Crippen molar-refractivity contribution in [2.45, 2.75) is 39.3 Å². The number of anilines is 1. The van der Waals surface area contributed by atoms with Gasteiger partial charge in [0.2, 0.25) is 0 Å². The molecule has 0 aliphatic rings. The number of imidazole rings is 1. The molecule has 1 atom stereocenters. The second kappa shape index (κ2) is 10.4. The second-order valence-electron chi connectivity index (χ2n) is 9.46. The van der Waals surface area contributed by atoms with Gasteiger partial charge in [-0.3, -0.25) is 14.9 Å². The fourth-order valence-corrected chi connectivity index (χ4v) is 5.52. The average molecular weight is 538 g/mol. The maximum absolute atomic E-state index is 11.8. The summed E-state index contributed by atoms with van der Waals surface area (Å²) in [6, 6.07) is 13.8. The van der Waals surface area contributed by atoms with E-state index in [-0.39, 0.29) is 5.78 Å². The number of nitrogens with one attached hydrogen (secondary N) is 3. The van der Waals surface area contributed by atoms with Gasteiger partial charge in [0.15, 0.2) is 17.3 Å². The summed E-state index contributed by atoms with van der Waals surface area (Å²) in [6.45, 7) is 3.68. The van der Waals surface area contributed by atoms with E-state index in [2.05, 4.69) is 37.4 Å². The molecule has 0 saturated heterocycles. The van der Waals surface area contributed by atoms with Crippen LogP contribution in [0.1, 0.15) is 42.8 Å². The van der Waals surface area contributed by atoms with Gasteiger partial charge in [0.1, 0.15) is 11.9 Å². The molecule has 0 fully saturated rings. The van der Waals surface area contributed by atoms with Crippen molar-refractivity contribution in [3.8, 4) is 33.1 Å². The number of nitrogens with zero attached hydrogens (tertiary/aromatic N) is 4. The van der Waals surface area contributed by atoms with Crippen molar-refractivity contribution in [1.29, 1.82) is 0 Å². The largest absolute Gasteiger partial charge is 0.374 e. The Labute approximate surface area is 228 Å². The highest BCUT2D eigenvalue weighted by molar-refractivity contribution is 7.17. The molecule has 1 aromatic carbocycles. The molecule has 0 spiro atoms. The van der Waals surface area contributed by atoms with E-state index in [4.69, 9.17) is 4.98 Å². The van der Waals surface area contributed by atoms with Crippen LogP contribution >= 0.6 is 11.3 Å². The SMILES string of the molecule is CCCCC(O)Nc1cncc(-c2cnc3[nH]nc(-c4nc5c(-c6ccc(C(C)=O)s6)cccc5[nH]4)c3c2)c1. The zero-order valence-electron chi connectivity index (χ0n) is 21.5. The van der Waals surface area contributed by atoms with Crippen LogP contribution in [0.4, 0.5) is 5.69 Å². The lowest BCUT2D eigenvalue weighted by Gasteiger charge is -2.14. The molecule has 196 valence electrons. The molecule has 5 heterocycles. The number of hydrogen-bond donors (Lipinski definition) is 4. The van der Waals surface area contributed by atoms with Gasteiger partial charge in [0, 0.05) is 34.0 Å². The lowest BCUT2D eigenvalue weighted by Crippen LogP contribution is -2.18. The van der Waals surface area contributed by atoms with E-state index in [1.165, 1.54) is 11.3 Å². The number of hydrogen-bond acceptors (Lipinski definition) is 8. The van der Waals surface area contributed by atoms with Crippen molar-refractivity contribution in [3.63, 3.8) is 0 Å². The number of aliphatic hydroxyl groups is 1. The number of aliphatic hydroxyl groups excluding tert-OH is 1. The summed E-state index contributed by atoms with van der Waals surface area (Å²) in [7, 11) is 0. The Morgan fingerprint density at radius 3 is 2.82 bits per heavy atom. The molecular formula is C29H27N7O2S. The van der Waals surface area contributed by atoms with Gasteiger partial charge >= 0.3 is 0 Å². The monoisotopic (exact) mass is 537 g/mol. The number of carbonyl (C=O) groups excluding carboxylic acids is 1. The Bertz CT molecular complexity index is 1800. The summed E-state index contributed by atoms with van der Waals surface area (Å²) >= 11 is 1.46. The molecule has 0 radical (unpaired) electrons. The third-order valence-corrected chi connectivity index (χ3v) is 7.83. The number of H-pyrrole nitrogens is 2. The van der Waals surface area contributed by atoms with E-state index in [1.807, 2.05) is 42.5 Å². The van der Waals surface area contributed by atoms with Crippen molar-refractivity contribution in [2.75, 3.05) is 5.32 Å². The number of pyridine rings is 2. The topological polar surface area (TPSA) is 132 Å². The Morgan fingerprint density at radius 2 is 2.00 bits per heavy atom. The molecule has 1 unspecified atom stereocenters. The first kappa shape index (κ1) is 24.9. The molecular weight excluding hydrogens is 510 g/mol. The summed E-state index contributed by atoms with van der Waals surface area (Å²) in [5, 5.41) is 21.7. The highest BCUT2D eigenvalue weighted by Gasteiger charge is 2.17. The van der Waals surface area contributed by atoms with Crippen LogP contribution in [0.5, 0.6) is 0 Å². The number of rotatable bonds is 9. The number of aromatic nitrogens is 6. The van der Waals surface area contributed by atoms with E-state index in [0.29, 0.717) is 23.6 Å². The normalized spacial score (nSPS) is 12.3. The molecule has 0 aliphatic carbocycles. The van der Waals surface area contributed by atoms with Gasteiger partial charge in [0.05, 0.1) is 33.2 Å². The van der Waals surface area contributed by atoms with E-state index >= 15 is 0 Å². The Hall–Kier alpha value is -4.41. The molecule has 5 aromatic heterocycles. The fraction of sp³-hybridized carbons (Fsp3) is 0.207. The minimum Gasteiger partial charge on any atom is -0.374 e. The van der Waals surface area contributed by atoms with Crippen LogP contribution in [0, 0.1) is 0 Å². The van der Waals surface area contributed by atoms with Crippen LogP contribution in [0.15, 0.2) is 61.1 Å². The molecule has 9 nitrogen and oxygen atoms in total. The Morgan fingerprint density at radius 1 is 1.13 bits per heavy atom. The number of para-hydroxylation sites is 1. The zero-order chi connectivity index (χ0) is 26.9. The molecule has 39 heavy (non-hydrogen) atoms. The summed E-state index contributed by atoms with van der Waals surface area (Å²) in [4.78, 5) is 30.8. The smallest absolute Gasteiger partial charge is 0.169 e. The molecule has 0 aliphatic heterocycles. The van der Waals surface area contributed by atoms with Gasteiger partial charge < -0.3 is 15.4 Å². The van der Waals surface area contributed by atoms with Crippen LogP contribution in [-0.2, 0) is 0 Å². The number of unbranched alkanes of at least 4 members (excludes halogenated alkanes) is 1. The highest BCUT2D eigenvalue weighted by Crippen LogP contribution is 2.35. The van der Waals surface area contributed by atoms with Gasteiger partial charge in [-0.05, 0) is 50.1 Å². The Balaban J connectivity index is 1.36. The van der Waals surface area contributed by atoms with Crippen molar-refractivity contribution in [2.24, 2.45) is 0 Å². The maximum atomic E-state index is 11.8. The molecule has 6 aromatic rings. The summed E-state index contributed by atoms with van der Waals surface area (Å²) < 4.78 is 0. The first-order valence-corrected chi connectivity index (χ1v) is 13.7. The van der Waals surface area contributed by atoms with Gasteiger partial charge in [-0.15, -0.1) is 11.3 Å². The zero-order valence-corrected chi connectivity index (χ0v) is 22.3. The molecule has 10 heteroatoms. The second-order valence-corrected chi connectivity index (χ2v) is 10.5. The van der Waals surface area contributed by atoms with Crippen molar-refractivity contribution < 1.29 is 9.90 Å². The quantitative estimate of drug-likeness (QED) is 0.124. The number of thiophene rings is 1. The predicted molar refractivity (Wildman–Crippen MR) is 155 cm³/mol. The summed E-state index contributed by atoms with van der Waals surface area (Å²) in [5.41, 5.74) is 6.45. The van der Waals surface area contributed by atoms with Crippen LogP contribution < -0.4 is 5.32 Å². The summed E-state index contributed by atoms with van der Waals surface area (Å²) in [5.74, 6) is 0.676. The molecule has 4 N–H and O–H groups in total. The van der Waals surface area contributed by atoms with E-state index < -0.39 is 6.23 Å². The van der Waals surface area contributed by atoms with Gasteiger partial charge in [-0.25, -0.2) is 9.97 Å². The first-order chi connectivity index (χ1) is 19.0. The number of benzene rings is 1. The molecule has 0 bridgehead atoms. The summed E-state index contributed by atoms with van der Waals surface area (Å²) in [6.07, 6.45) is 7.28. The number of ketones is 1. The number of carbonyl (C=O) groups is 1. The lowest BCUT2D eigenvalue weighted by atomic mass is 10.1. The fourth-order valence-electron chi connectivity index (χ4n) is 4.60. The van der Waals surface area contributed by atoms with Crippen LogP contribution in [0.3, 0.4) is 0 Å². The van der Waals surface area contributed by atoms with Crippen molar-refractivity contribution >= 4 is 44.9 Å². The van der Waals surface area contributed by atoms with E-state index in [0.717, 1.165) is 61.4 Å². The van der Waals surface area contributed by atoms with Gasteiger partial charge in [0.25, 0.3) is 0 Å². The minimum atomic E-state index is -0.621. The van der Waals surface area contributed by atoms with E-state index in [1.54, 1.807) is 25.5 Å². The first-order valence-electron chi connectivity index (χ1n) is 12.8. The molecule has 6 rings (SSSR count). The highest BCUT2D eigenvalue weighted by atomic mass is 32.1. The molecule has 0 saturated carbocycles. The molecule has 0 amide bonds. The third-order valence-electron chi connectivity index (χ3n) is 6.61. The van der Waals surface area contributed by atoms with Crippen LogP contribution in [0.2, 0.25) is 0 Å². The van der Waals surface area contributed by atoms with Crippen LogP contribution in [-0.4, -0.2) is 47.3 Å². The number of fused-ring (bicyclic) bond motifs is 2. The predicted octanol–water partition coefficient (Wildman–Crippen LogP) is 6.41. The minimum absolute atomic E-state index is 0.0524. The van der Waals surface area contributed by atoms with Gasteiger partial charge in [-0.1, -0.05) is 25.5 Å². The standard InChI is InChI=1S/C29H27N7O2S/c1-3-4-8-25(38)32-19-11-17(13-30-15-19)18-12-21-27(35-36-28(21)31-14-18)29-33-22-7-5-6-20(26(22)34-29)24-10-9-23(39-24)16(2)37/h5-7,9-15,25,32,38H,3-4,8H2,1-2H3,(H,33,34)(H,31,35,36). The van der Waals surface area contributed by atoms with Crippen LogP contribution in [0.25, 0.3) is 55.2 Å². The maximum Gasteiger partial charge on any atom is 0.169 e. The van der Waals surface area contributed by atoms with E-state index in [9.17, 15) is 9.90 Å². The lowest BCUT2D eigenvalue weighted by molar-refractivity contribution is 0.102. The van der Waals surface area contributed by atoms with Crippen molar-refractivity contribution in [1.82, 2.24) is 30.1 Å². The van der Waals surface area contributed by atoms with Crippen molar-refractivity contribution in [3.05, 3.63) is 65.9 Å². The third kappa shape index (κ3) is 4.91. The van der Waals surface area contributed by atoms with Gasteiger partial charge in [-0.2, -0.15) is 5.10 Å². The number of aromatic amines is 2. The Kier molecular flexibility index (Phi) is 6.64.